The zero-order chi connectivity index (χ0) is 17.3. The number of quaternary nitrogens is 1. The fourth-order valence-corrected chi connectivity index (χ4v) is 6.34. The largest absolute Gasteiger partial charge is 0.607 e. The van der Waals surface area contributed by atoms with Gasteiger partial charge in [0.1, 0.15) is 13.1 Å². The summed E-state index contributed by atoms with van der Waals surface area (Å²) in [4.78, 5) is 24.5. The van der Waals surface area contributed by atoms with Crippen LogP contribution >= 0.6 is 0 Å². The van der Waals surface area contributed by atoms with Crippen molar-refractivity contribution in [1.29, 1.82) is 0 Å². The highest BCUT2D eigenvalue weighted by Gasteiger charge is 2.71. The monoisotopic (exact) mass is 333 g/mol. The van der Waals surface area contributed by atoms with E-state index in [4.69, 9.17) is 9.31 Å². The van der Waals surface area contributed by atoms with Crippen molar-refractivity contribution in [1.82, 2.24) is 0 Å². The zero-order valence-corrected chi connectivity index (χ0v) is 15.2. The summed E-state index contributed by atoms with van der Waals surface area (Å²) < 4.78 is 11.8. The van der Waals surface area contributed by atoms with Crippen LogP contribution in [0.2, 0.25) is 0 Å². The highest BCUT2D eigenvalue weighted by atomic mass is 16.7. The fraction of sp³-hybridized carbons (Fsp3) is 0.778. The Kier molecular flexibility index (Phi) is 3.29. The van der Waals surface area contributed by atoms with Crippen LogP contribution < -0.4 is 0 Å². The minimum Gasteiger partial charge on any atom is -0.596 e. The molecule has 0 aromatic heterocycles. The first-order valence-corrected chi connectivity index (χ1v) is 9.38. The van der Waals surface area contributed by atoms with Crippen molar-refractivity contribution in [3.05, 3.63) is 12.1 Å². The first-order valence-electron chi connectivity index (χ1n) is 9.38. The second kappa shape index (κ2) is 4.87. The Labute approximate surface area is 144 Å². The number of hydrogen-bond acceptors (Lipinski definition) is 4. The average Bonchev–Trinajstić information content (AvgIpc) is 2.91. The third-order valence-corrected chi connectivity index (χ3v) is 7.75. The van der Waals surface area contributed by atoms with Crippen LogP contribution in [0.4, 0.5) is 0 Å². The van der Waals surface area contributed by atoms with E-state index in [-0.39, 0.29) is 31.1 Å². The lowest BCUT2D eigenvalue weighted by Gasteiger charge is -2.66. The Morgan fingerprint density at radius 1 is 1.21 bits per heavy atom. The van der Waals surface area contributed by atoms with Gasteiger partial charge in [0.25, 0.3) is 0 Å². The lowest BCUT2D eigenvalue weighted by Crippen LogP contribution is -2.73. The van der Waals surface area contributed by atoms with Gasteiger partial charge in [-0.2, -0.15) is 0 Å². The quantitative estimate of drug-likeness (QED) is 0.745. The lowest BCUT2D eigenvalue weighted by atomic mass is 9.43. The number of hydrogen-bond donors (Lipinski definition) is 0. The van der Waals surface area contributed by atoms with Gasteiger partial charge in [0, 0.05) is 5.92 Å². The molecule has 5 nitrogen and oxygen atoms in total. The Balaban J connectivity index is 1.75. The maximum Gasteiger partial charge on any atom is 0.607 e. The molecular formula is C18H28BNO4. The summed E-state index contributed by atoms with van der Waals surface area (Å²) in [6, 6.07) is 0.265. The van der Waals surface area contributed by atoms with Gasteiger partial charge >= 0.3 is 18.6 Å². The molecule has 24 heavy (non-hydrogen) atoms. The van der Waals surface area contributed by atoms with Crippen LogP contribution in [0.15, 0.2) is 12.1 Å². The fourth-order valence-electron chi connectivity index (χ4n) is 6.34. The van der Waals surface area contributed by atoms with Gasteiger partial charge in [-0.1, -0.05) is 33.7 Å². The van der Waals surface area contributed by atoms with E-state index in [0.717, 1.165) is 12.8 Å². The molecule has 2 saturated heterocycles. The van der Waals surface area contributed by atoms with E-state index in [1.54, 1.807) is 0 Å². The molecule has 5 fully saturated rings. The van der Waals surface area contributed by atoms with Gasteiger partial charge in [-0.05, 0) is 36.5 Å². The molecule has 4 atom stereocenters. The number of nitrogens with zero attached hydrogens (tertiary/aromatic N) is 1. The van der Waals surface area contributed by atoms with Gasteiger partial charge in [0.15, 0.2) is 0 Å². The lowest BCUT2D eigenvalue weighted by molar-refractivity contribution is -0.850. The molecule has 5 aliphatic rings. The van der Waals surface area contributed by atoms with E-state index >= 15 is 0 Å². The smallest absolute Gasteiger partial charge is 0.596 e. The Hall–Kier alpha value is -1.30. The third-order valence-electron chi connectivity index (χ3n) is 7.75. The van der Waals surface area contributed by atoms with Crippen LogP contribution in [-0.4, -0.2) is 42.2 Å². The van der Waals surface area contributed by atoms with Crippen LogP contribution in [0, 0.1) is 23.2 Å². The predicted molar refractivity (Wildman–Crippen MR) is 90.3 cm³/mol. The summed E-state index contributed by atoms with van der Waals surface area (Å²) in [6.45, 7) is 7.58. The van der Waals surface area contributed by atoms with E-state index in [0.29, 0.717) is 27.6 Å². The van der Waals surface area contributed by atoms with E-state index < -0.39 is 6.69 Å². The van der Waals surface area contributed by atoms with E-state index in [1.807, 2.05) is 19.0 Å². The summed E-state index contributed by atoms with van der Waals surface area (Å²) in [5, 5.41) is 0. The number of allylic oxidation sites excluding steroid dienone is 1. The highest BCUT2D eigenvalue weighted by molar-refractivity contribution is 6.71. The molecular weight excluding hydrogens is 305 g/mol. The molecule has 2 heterocycles. The second-order valence-corrected chi connectivity index (χ2v) is 8.99. The molecule has 0 spiro atoms. The van der Waals surface area contributed by atoms with Crippen molar-refractivity contribution in [3.63, 3.8) is 0 Å². The van der Waals surface area contributed by atoms with Gasteiger partial charge < -0.3 is 13.7 Å². The number of rotatable bonds is 3. The highest BCUT2D eigenvalue weighted by Crippen LogP contribution is 2.64. The SMILES string of the molecule is CC/C=C/[B-]12OC(=O)C[N+]1(C1C[C@@H]3C[C@H]([C@H]1C)C3(C)C)CC(=O)O2. The first kappa shape index (κ1) is 16.2. The molecule has 6 heteroatoms. The summed E-state index contributed by atoms with van der Waals surface area (Å²) in [5.41, 5.74) is 0.373. The van der Waals surface area contributed by atoms with Crippen LogP contribution in [0.25, 0.3) is 0 Å². The topological polar surface area (TPSA) is 52.6 Å². The van der Waals surface area contributed by atoms with Crippen LogP contribution in [0.5, 0.6) is 0 Å². The molecule has 3 saturated carbocycles. The van der Waals surface area contributed by atoms with E-state index in [1.165, 1.54) is 6.42 Å². The average molecular weight is 333 g/mol. The van der Waals surface area contributed by atoms with Crippen LogP contribution in [0.1, 0.15) is 47.0 Å². The summed E-state index contributed by atoms with van der Waals surface area (Å²) in [6.07, 6.45) is 5.14. The van der Waals surface area contributed by atoms with Gasteiger partial charge in [-0.3, -0.25) is 9.59 Å². The Morgan fingerprint density at radius 3 is 2.33 bits per heavy atom. The van der Waals surface area contributed by atoms with Gasteiger partial charge in [0.05, 0.1) is 6.04 Å². The third kappa shape index (κ3) is 1.81. The Bertz CT molecular complexity index is 609. The van der Waals surface area contributed by atoms with E-state index in [9.17, 15) is 9.59 Å². The van der Waals surface area contributed by atoms with Crippen molar-refractivity contribution in [2.75, 3.05) is 13.1 Å². The normalized spacial score (nSPS) is 48.8. The van der Waals surface area contributed by atoms with Gasteiger partial charge in [-0.25, -0.2) is 0 Å². The van der Waals surface area contributed by atoms with Crippen molar-refractivity contribution in [3.8, 4) is 0 Å². The molecule has 0 radical (unpaired) electrons. The number of carbonyl (C=O) groups is 2. The minimum absolute atomic E-state index is 0.228. The second-order valence-electron chi connectivity index (χ2n) is 8.99. The van der Waals surface area contributed by atoms with Gasteiger partial charge in [0.2, 0.25) is 0 Å². The van der Waals surface area contributed by atoms with Crippen LogP contribution in [-0.2, 0) is 18.9 Å². The molecule has 132 valence electrons. The van der Waals surface area contributed by atoms with Crippen molar-refractivity contribution in [2.45, 2.75) is 53.0 Å². The predicted octanol–water partition coefficient (Wildman–Crippen LogP) is 2.43. The minimum atomic E-state index is -2.03. The molecule has 2 bridgehead atoms. The molecule has 0 aromatic rings. The summed E-state index contributed by atoms with van der Waals surface area (Å²) in [5.74, 6) is 3.22. The van der Waals surface area contributed by atoms with Crippen molar-refractivity contribution < 1.29 is 23.3 Å². The van der Waals surface area contributed by atoms with Crippen molar-refractivity contribution >= 4 is 18.6 Å². The van der Waals surface area contributed by atoms with E-state index in [2.05, 4.69) is 20.8 Å². The molecule has 3 aliphatic carbocycles. The number of carbonyl (C=O) groups excluding carboxylic acids is 2. The maximum atomic E-state index is 12.3. The zero-order valence-electron chi connectivity index (χ0n) is 15.2. The summed E-state index contributed by atoms with van der Waals surface area (Å²) >= 11 is 0. The summed E-state index contributed by atoms with van der Waals surface area (Å²) in [7, 11) is 0. The molecule has 1 unspecified atom stereocenters. The maximum absolute atomic E-state index is 12.3. The van der Waals surface area contributed by atoms with Crippen molar-refractivity contribution in [2.24, 2.45) is 23.2 Å². The standard InChI is InChI=1S/C18H28BNO4/c1-5-6-7-19-20(10-16(21)23-19,11-17(22)24-19)15-9-13-8-14(12(15)2)18(13,3)4/h6-7,12-15H,5,8-11H2,1-4H3/b7-6+/t12-,13+,14-,15?,19?,20?/m1/s1. The molecule has 0 amide bonds. The molecule has 0 N–H and O–H groups in total. The Morgan fingerprint density at radius 2 is 1.83 bits per heavy atom. The molecule has 0 aromatic carbocycles. The van der Waals surface area contributed by atoms with Crippen LogP contribution in [0.3, 0.4) is 0 Å². The molecule has 2 aliphatic heterocycles. The number of fused-ring (bicyclic) bond motifs is 4. The van der Waals surface area contributed by atoms with Gasteiger partial charge in [-0.15, -0.1) is 6.08 Å². The first-order chi connectivity index (χ1) is 11.3. The molecule has 5 rings (SSSR count).